The Balaban J connectivity index is 1.13. The van der Waals surface area contributed by atoms with Gasteiger partial charge in [-0.1, -0.05) is 23.2 Å². The third kappa shape index (κ3) is 5.72. The lowest BCUT2D eigenvalue weighted by atomic mass is 9.38. The topological polar surface area (TPSA) is 76.7 Å². The van der Waals surface area contributed by atoms with Gasteiger partial charge < -0.3 is 20.1 Å². The van der Waals surface area contributed by atoms with Crippen LogP contribution in [0.25, 0.3) is 0 Å². The Morgan fingerprint density at radius 2 is 1.84 bits per heavy atom. The van der Waals surface area contributed by atoms with E-state index in [1.54, 1.807) is 18.2 Å². The molecular formula is C26H24Cl2F4N2O4. The maximum atomic E-state index is 13.5. The molecule has 1 amide bonds. The van der Waals surface area contributed by atoms with Crippen LogP contribution in [0.3, 0.4) is 0 Å². The lowest BCUT2D eigenvalue weighted by Crippen LogP contribution is -2.75. The molecule has 1 heterocycles. The van der Waals surface area contributed by atoms with E-state index in [2.05, 4.69) is 10.6 Å². The van der Waals surface area contributed by atoms with Gasteiger partial charge in [0.05, 0.1) is 11.6 Å². The quantitative estimate of drug-likeness (QED) is 0.384. The first-order valence-electron chi connectivity index (χ1n) is 12.0. The van der Waals surface area contributed by atoms with Gasteiger partial charge in [0.15, 0.2) is 18.5 Å². The predicted molar refractivity (Wildman–Crippen MR) is 131 cm³/mol. The molecule has 3 fully saturated rings. The van der Waals surface area contributed by atoms with Gasteiger partial charge in [0.2, 0.25) is 0 Å². The normalized spacial score (nSPS) is 27.3. The maximum absolute atomic E-state index is 13.5. The molecule has 6 rings (SSSR count). The number of Topliss-reactive ketones (excluding diaryl/α,β-unsaturated/α-hetero) is 1. The summed E-state index contributed by atoms with van der Waals surface area (Å²) in [6, 6.07) is 7.84. The molecule has 204 valence electrons. The zero-order chi connectivity index (χ0) is 27.3. The minimum Gasteiger partial charge on any atom is -0.484 e. The Hall–Kier alpha value is -2.56. The van der Waals surface area contributed by atoms with Gasteiger partial charge in [-0.15, -0.1) is 0 Å². The van der Waals surface area contributed by atoms with E-state index >= 15 is 0 Å². The van der Waals surface area contributed by atoms with Gasteiger partial charge >= 0.3 is 6.18 Å². The SMILES string of the molecule is O=C(COc1ccc(Cl)c(F)c1)NC12CC(CC(=O)[C@H]3C[C@H](NCC(F)(F)F)c4cc(Cl)ccc4O3)(C1)C2. The molecule has 2 aromatic rings. The maximum Gasteiger partial charge on any atom is 0.401 e. The summed E-state index contributed by atoms with van der Waals surface area (Å²) in [5.41, 5.74) is -0.177. The summed E-state index contributed by atoms with van der Waals surface area (Å²) in [6.45, 7) is -1.49. The van der Waals surface area contributed by atoms with Crippen LogP contribution in [0.4, 0.5) is 17.6 Å². The summed E-state index contributed by atoms with van der Waals surface area (Å²) in [5, 5.41) is 5.74. The average molecular weight is 575 g/mol. The van der Waals surface area contributed by atoms with Crippen molar-refractivity contribution in [1.82, 2.24) is 10.6 Å². The van der Waals surface area contributed by atoms with Crippen molar-refractivity contribution in [1.29, 1.82) is 0 Å². The van der Waals surface area contributed by atoms with E-state index in [9.17, 15) is 27.2 Å². The number of hydrogen-bond acceptors (Lipinski definition) is 5. The van der Waals surface area contributed by atoms with E-state index in [0.29, 0.717) is 35.6 Å². The van der Waals surface area contributed by atoms with Gasteiger partial charge in [0, 0.05) is 41.1 Å². The van der Waals surface area contributed by atoms with E-state index in [-0.39, 0.29) is 47.3 Å². The van der Waals surface area contributed by atoms with Crippen molar-refractivity contribution in [2.45, 2.75) is 56.0 Å². The molecule has 6 nitrogen and oxygen atoms in total. The number of benzene rings is 2. The molecular weight excluding hydrogens is 551 g/mol. The van der Waals surface area contributed by atoms with Crippen molar-refractivity contribution in [3.05, 3.63) is 57.8 Å². The number of rotatable bonds is 9. The smallest absolute Gasteiger partial charge is 0.401 e. The summed E-state index contributed by atoms with van der Waals surface area (Å²) in [5.74, 6) is -0.671. The minimum atomic E-state index is -4.41. The molecule has 2 N–H and O–H groups in total. The zero-order valence-electron chi connectivity index (χ0n) is 20.0. The van der Waals surface area contributed by atoms with Gasteiger partial charge in [-0.05, 0) is 55.0 Å². The van der Waals surface area contributed by atoms with E-state index in [1.165, 1.54) is 12.1 Å². The fraction of sp³-hybridized carbons (Fsp3) is 0.462. The summed E-state index contributed by atoms with van der Waals surface area (Å²) in [4.78, 5) is 25.5. The van der Waals surface area contributed by atoms with E-state index in [1.807, 2.05) is 0 Å². The Bertz CT molecular complexity index is 1250. The number of alkyl halides is 3. The molecule has 1 aliphatic heterocycles. The highest BCUT2D eigenvalue weighted by Gasteiger charge is 2.68. The van der Waals surface area contributed by atoms with E-state index in [4.69, 9.17) is 32.7 Å². The first-order chi connectivity index (χ1) is 17.8. The molecule has 3 aliphatic carbocycles. The molecule has 4 aliphatic rings. The number of carbonyl (C=O) groups excluding carboxylic acids is 2. The van der Waals surface area contributed by atoms with Crippen molar-refractivity contribution >= 4 is 34.9 Å². The third-order valence-corrected chi connectivity index (χ3v) is 7.87. The van der Waals surface area contributed by atoms with Crippen molar-refractivity contribution in [3.8, 4) is 11.5 Å². The molecule has 0 unspecified atom stereocenters. The van der Waals surface area contributed by atoms with Crippen LogP contribution in [0, 0.1) is 11.2 Å². The molecule has 0 saturated heterocycles. The second-order valence-electron chi connectivity index (χ2n) is 10.4. The Kier molecular flexibility index (Phi) is 7.02. The first kappa shape index (κ1) is 27.0. The number of halogens is 6. The molecule has 2 atom stereocenters. The van der Waals surface area contributed by atoms with Crippen molar-refractivity contribution < 1.29 is 36.6 Å². The number of nitrogens with one attached hydrogen (secondary N) is 2. The van der Waals surface area contributed by atoms with Gasteiger partial charge in [-0.2, -0.15) is 13.2 Å². The molecule has 2 aromatic carbocycles. The monoisotopic (exact) mass is 574 g/mol. The summed E-state index contributed by atoms with van der Waals surface area (Å²) in [7, 11) is 0. The number of hydrogen-bond donors (Lipinski definition) is 2. The number of ether oxygens (including phenoxy) is 2. The van der Waals surface area contributed by atoms with Gasteiger partial charge in [0.1, 0.15) is 17.3 Å². The molecule has 0 radical (unpaired) electrons. The van der Waals surface area contributed by atoms with Crippen LogP contribution in [0.5, 0.6) is 11.5 Å². The highest BCUT2D eigenvalue weighted by atomic mass is 35.5. The van der Waals surface area contributed by atoms with E-state index < -0.39 is 36.2 Å². The van der Waals surface area contributed by atoms with Gasteiger partial charge in [-0.3, -0.25) is 9.59 Å². The number of ketones is 1. The number of fused-ring (bicyclic) bond motifs is 1. The molecule has 3 saturated carbocycles. The van der Waals surface area contributed by atoms with Crippen LogP contribution < -0.4 is 20.1 Å². The van der Waals surface area contributed by atoms with Crippen molar-refractivity contribution in [2.24, 2.45) is 5.41 Å². The largest absolute Gasteiger partial charge is 0.484 e. The number of amides is 1. The van der Waals surface area contributed by atoms with Crippen LogP contribution in [-0.4, -0.2) is 42.7 Å². The third-order valence-electron chi connectivity index (χ3n) is 7.33. The molecule has 0 spiro atoms. The summed E-state index contributed by atoms with van der Waals surface area (Å²) < 4.78 is 63.3. The van der Waals surface area contributed by atoms with Crippen LogP contribution in [0.1, 0.15) is 43.7 Å². The molecule has 0 aromatic heterocycles. The van der Waals surface area contributed by atoms with Crippen molar-refractivity contribution in [2.75, 3.05) is 13.2 Å². The fourth-order valence-corrected chi connectivity index (χ4v) is 6.22. The first-order valence-corrected chi connectivity index (χ1v) is 12.8. The van der Waals surface area contributed by atoms with E-state index in [0.717, 1.165) is 6.07 Å². The van der Waals surface area contributed by atoms with Crippen molar-refractivity contribution in [3.63, 3.8) is 0 Å². The molecule has 2 bridgehead atoms. The Morgan fingerprint density at radius 3 is 2.53 bits per heavy atom. The average Bonchev–Trinajstić information content (AvgIpc) is 2.80. The predicted octanol–water partition coefficient (Wildman–Crippen LogP) is 5.55. The standard InChI is InChI=1S/C26H24Cl2F4N2O4/c27-14-1-4-21-16(5-14)19(33-13-26(30,31)32)7-22(38-21)20(35)8-24-10-25(11-24,12-24)34-23(36)9-37-15-2-3-17(28)18(29)6-15/h1-6,19,22,33H,7-13H2,(H,34,36)/t19-,22+,24?,25?/m0/s1. The Morgan fingerprint density at radius 1 is 1.11 bits per heavy atom. The molecule has 12 heteroatoms. The highest BCUT2D eigenvalue weighted by molar-refractivity contribution is 6.31. The fourth-order valence-electron chi connectivity index (χ4n) is 5.92. The van der Waals surface area contributed by atoms with Crippen LogP contribution >= 0.6 is 23.2 Å². The Labute approximate surface area is 225 Å². The van der Waals surface area contributed by atoms with Crippen LogP contribution in [-0.2, 0) is 9.59 Å². The lowest BCUT2D eigenvalue weighted by Gasteiger charge is -2.70. The minimum absolute atomic E-state index is 0.0455. The summed E-state index contributed by atoms with van der Waals surface area (Å²) >= 11 is 11.7. The van der Waals surface area contributed by atoms with Crippen LogP contribution in [0.2, 0.25) is 10.0 Å². The van der Waals surface area contributed by atoms with Gasteiger partial charge in [-0.25, -0.2) is 4.39 Å². The summed E-state index contributed by atoms with van der Waals surface area (Å²) in [6.07, 6.45) is -3.18. The lowest BCUT2D eigenvalue weighted by molar-refractivity contribution is -0.175. The second-order valence-corrected chi connectivity index (χ2v) is 11.3. The van der Waals surface area contributed by atoms with Gasteiger partial charge in [0.25, 0.3) is 5.91 Å². The van der Waals surface area contributed by atoms with Crippen LogP contribution in [0.15, 0.2) is 36.4 Å². The zero-order valence-corrected chi connectivity index (χ0v) is 21.5. The second kappa shape index (κ2) is 9.88. The molecule has 38 heavy (non-hydrogen) atoms. The highest BCUT2D eigenvalue weighted by Crippen LogP contribution is 2.69. The number of carbonyl (C=O) groups is 2.